The fourth-order valence-electron chi connectivity index (χ4n) is 3.43. The highest BCUT2D eigenvalue weighted by Crippen LogP contribution is 2.24. The number of nitrogens with one attached hydrogen (secondary N) is 1. The maximum atomic E-state index is 12.6. The van der Waals surface area contributed by atoms with E-state index in [0.29, 0.717) is 6.54 Å². The Balaban J connectivity index is 1.53. The van der Waals surface area contributed by atoms with Gasteiger partial charge in [0.25, 0.3) is 0 Å². The molecule has 0 bridgehead atoms. The van der Waals surface area contributed by atoms with Gasteiger partial charge in [0, 0.05) is 24.5 Å². The lowest BCUT2D eigenvalue weighted by molar-refractivity contribution is -0.120. The molecular weight excluding hydrogens is 314 g/mol. The van der Waals surface area contributed by atoms with Gasteiger partial charge in [-0.25, -0.2) is 0 Å². The van der Waals surface area contributed by atoms with Gasteiger partial charge in [0.15, 0.2) is 5.65 Å². The number of benzene rings is 1. The Morgan fingerprint density at radius 1 is 1.12 bits per heavy atom. The van der Waals surface area contributed by atoms with Crippen LogP contribution in [0.1, 0.15) is 18.5 Å². The van der Waals surface area contributed by atoms with E-state index in [4.69, 9.17) is 0 Å². The lowest BCUT2D eigenvalue weighted by Crippen LogP contribution is -2.41. The van der Waals surface area contributed by atoms with Gasteiger partial charge in [-0.05, 0) is 44.0 Å². The van der Waals surface area contributed by atoms with Crippen LogP contribution in [0.3, 0.4) is 0 Å². The molecule has 1 saturated heterocycles. The average molecular weight is 335 g/mol. The summed E-state index contributed by atoms with van der Waals surface area (Å²) in [5.74, 6) is 0.845. The predicted octanol–water partition coefficient (Wildman–Crippen LogP) is 2.89. The van der Waals surface area contributed by atoms with Gasteiger partial charge in [-0.3, -0.25) is 9.20 Å². The average Bonchev–Trinajstić information content (AvgIpc) is 3.08. The molecule has 1 amide bonds. The molecule has 3 heterocycles. The van der Waals surface area contributed by atoms with E-state index in [1.54, 1.807) is 0 Å². The Kier molecular flexibility index (Phi) is 4.09. The monoisotopic (exact) mass is 335 g/mol. The Morgan fingerprint density at radius 3 is 2.80 bits per heavy atom. The number of piperidine rings is 1. The lowest BCUT2D eigenvalue weighted by Gasteiger charge is -2.32. The Labute approximate surface area is 146 Å². The third-order valence-electron chi connectivity index (χ3n) is 4.72. The van der Waals surface area contributed by atoms with Gasteiger partial charge < -0.3 is 10.2 Å². The number of pyridine rings is 1. The van der Waals surface area contributed by atoms with Crippen molar-refractivity contribution in [1.29, 1.82) is 0 Å². The van der Waals surface area contributed by atoms with E-state index < -0.39 is 0 Å². The second-order valence-electron chi connectivity index (χ2n) is 6.50. The third kappa shape index (κ3) is 3.07. The molecule has 1 atom stereocenters. The van der Waals surface area contributed by atoms with Crippen LogP contribution in [-0.4, -0.2) is 33.6 Å². The Morgan fingerprint density at radius 2 is 1.96 bits per heavy atom. The number of rotatable bonds is 3. The Hall–Kier alpha value is -2.89. The fourth-order valence-corrected chi connectivity index (χ4v) is 3.43. The van der Waals surface area contributed by atoms with Crippen LogP contribution in [0.2, 0.25) is 0 Å². The first-order chi connectivity index (χ1) is 12.2. The van der Waals surface area contributed by atoms with Crippen LogP contribution in [0.15, 0.2) is 48.5 Å². The van der Waals surface area contributed by atoms with Gasteiger partial charge in [0.05, 0.1) is 5.92 Å². The van der Waals surface area contributed by atoms with Crippen molar-refractivity contribution in [3.8, 4) is 0 Å². The van der Waals surface area contributed by atoms with E-state index >= 15 is 0 Å². The zero-order chi connectivity index (χ0) is 17.2. The standard InChI is InChI=1S/C19H21N5O/c1-14-7-5-11-17-21-22-19(24(14)17)23-12-6-8-15(13-23)18(25)20-16-9-3-2-4-10-16/h2-5,7,9-11,15H,6,8,12-13H2,1H3,(H,20,25)/t15-/m1/s1. The third-order valence-corrected chi connectivity index (χ3v) is 4.72. The summed E-state index contributed by atoms with van der Waals surface area (Å²) in [6.45, 7) is 3.60. The number of fused-ring (bicyclic) bond motifs is 1. The summed E-state index contributed by atoms with van der Waals surface area (Å²) < 4.78 is 2.05. The number of carbonyl (C=O) groups is 1. The molecular formula is C19H21N5O. The molecule has 1 aliphatic rings. The highest BCUT2D eigenvalue weighted by Gasteiger charge is 2.28. The molecule has 0 spiro atoms. The quantitative estimate of drug-likeness (QED) is 0.799. The van der Waals surface area contributed by atoms with Crippen molar-refractivity contribution < 1.29 is 4.79 Å². The normalized spacial score (nSPS) is 17.6. The molecule has 0 saturated carbocycles. The van der Waals surface area contributed by atoms with E-state index in [2.05, 4.69) is 24.8 Å². The van der Waals surface area contributed by atoms with Gasteiger partial charge in [-0.15, -0.1) is 10.2 Å². The van der Waals surface area contributed by atoms with Crippen LogP contribution in [0.25, 0.3) is 5.65 Å². The van der Waals surface area contributed by atoms with E-state index in [1.165, 1.54) is 0 Å². The van der Waals surface area contributed by atoms with Gasteiger partial charge in [-0.1, -0.05) is 24.3 Å². The number of aromatic nitrogens is 3. The number of para-hydroxylation sites is 1. The van der Waals surface area contributed by atoms with E-state index in [1.807, 2.05) is 55.5 Å². The molecule has 1 aliphatic heterocycles. The minimum Gasteiger partial charge on any atom is -0.340 e. The summed E-state index contributed by atoms with van der Waals surface area (Å²) in [4.78, 5) is 14.8. The SMILES string of the molecule is Cc1cccc2nnc(N3CCC[C@@H](C(=O)Nc4ccccc4)C3)n12. The molecule has 4 rings (SSSR count). The molecule has 6 heteroatoms. The zero-order valence-corrected chi connectivity index (χ0v) is 14.2. The molecule has 1 aromatic carbocycles. The van der Waals surface area contributed by atoms with Gasteiger partial charge in [0.2, 0.25) is 11.9 Å². The molecule has 25 heavy (non-hydrogen) atoms. The lowest BCUT2D eigenvalue weighted by atomic mass is 9.97. The second kappa shape index (κ2) is 6.55. The number of hydrogen-bond acceptors (Lipinski definition) is 4. The number of nitrogens with zero attached hydrogens (tertiary/aromatic N) is 4. The molecule has 6 nitrogen and oxygen atoms in total. The summed E-state index contributed by atoms with van der Waals surface area (Å²) in [6, 6.07) is 15.6. The van der Waals surface area contributed by atoms with E-state index in [9.17, 15) is 4.79 Å². The van der Waals surface area contributed by atoms with Crippen LogP contribution >= 0.6 is 0 Å². The molecule has 1 fully saturated rings. The van der Waals surface area contributed by atoms with Crippen LogP contribution in [0, 0.1) is 12.8 Å². The van der Waals surface area contributed by atoms with Crippen LogP contribution < -0.4 is 10.2 Å². The minimum absolute atomic E-state index is 0.0506. The predicted molar refractivity (Wildman–Crippen MR) is 97.7 cm³/mol. The van der Waals surface area contributed by atoms with Crippen molar-refractivity contribution in [2.24, 2.45) is 5.92 Å². The second-order valence-corrected chi connectivity index (χ2v) is 6.50. The molecule has 0 aliphatic carbocycles. The molecule has 0 radical (unpaired) electrons. The van der Waals surface area contributed by atoms with Crippen LogP contribution in [-0.2, 0) is 4.79 Å². The number of amides is 1. The van der Waals surface area contributed by atoms with Crippen LogP contribution in [0.4, 0.5) is 11.6 Å². The minimum atomic E-state index is -0.0506. The summed E-state index contributed by atoms with van der Waals surface area (Å²) in [5, 5.41) is 11.6. The van der Waals surface area contributed by atoms with Crippen molar-refractivity contribution in [3.05, 3.63) is 54.2 Å². The van der Waals surface area contributed by atoms with E-state index in [-0.39, 0.29) is 11.8 Å². The van der Waals surface area contributed by atoms with Crippen molar-refractivity contribution in [3.63, 3.8) is 0 Å². The number of carbonyl (C=O) groups excluding carboxylic acids is 1. The van der Waals surface area contributed by atoms with Crippen molar-refractivity contribution in [1.82, 2.24) is 14.6 Å². The van der Waals surface area contributed by atoms with Crippen molar-refractivity contribution in [2.75, 3.05) is 23.3 Å². The maximum Gasteiger partial charge on any atom is 0.231 e. The van der Waals surface area contributed by atoms with Crippen LogP contribution in [0.5, 0.6) is 0 Å². The highest BCUT2D eigenvalue weighted by molar-refractivity contribution is 5.93. The molecule has 2 aromatic heterocycles. The molecule has 0 unspecified atom stereocenters. The van der Waals surface area contributed by atoms with Crippen molar-refractivity contribution >= 4 is 23.2 Å². The first-order valence-corrected chi connectivity index (χ1v) is 8.64. The first kappa shape index (κ1) is 15.6. The summed E-state index contributed by atoms with van der Waals surface area (Å²) in [7, 11) is 0. The molecule has 128 valence electrons. The highest BCUT2D eigenvalue weighted by atomic mass is 16.1. The fraction of sp³-hybridized carbons (Fsp3) is 0.316. The zero-order valence-electron chi connectivity index (χ0n) is 14.2. The number of aryl methyl sites for hydroxylation is 1. The maximum absolute atomic E-state index is 12.6. The topological polar surface area (TPSA) is 62.5 Å². The summed E-state index contributed by atoms with van der Waals surface area (Å²) in [6.07, 6.45) is 1.86. The van der Waals surface area contributed by atoms with Gasteiger partial charge in [-0.2, -0.15) is 0 Å². The van der Waals surface area contributed by atoms with Gasteiger partial charge >= 0.3 is 0 Å². The van der Waals surface area contributed by atoms with Gasteiger partial charge in [0.1, 0.15) is 0 Å². The summed E-state index contributed by atoms with van der Waals surface area (Å²) in [5.41, 5.74) is 2.77. The molecule has 3 aromatic rings. The number of anilines is 2. The van der Waals surface area contributed by atoms with E-state index in [0.717, 1.165) is 42.4 Å². The summed E-state index contributed by atoms with van der Waals surface area (Å²) >= 11 is 0. The number of hydrogen-bond donors (Lipinski definition) is 1. The first-order valence-electron chi connectivity index (χ1n) is 8.64. The van der Waals surface area contributed by atoms with Crippen molar-refractivity contribution in [2.45, 2.75) is 19.8 Å². The Bertz CT molecular complexity index is 889. The smallest absolute Gasteiger partial charge is 0.231 e. The largest absolute Gasteiger partial charge is 0.340 e. The molecule has 1 N–H and O–H groups in total.